The van der Waals surface area contributed by atoms with Gasteiger partial charge in [-0.25, -0.2) is 0 Å². The molecule has 3 rings (SSSR count). The highest BCUT2D eigenvalue weighted by atomic mass is 35.5. The van der Waals surface area contributed by atoms with E-state index in [1.54, 1.807) is 12.1 Å². The molecule has 0 spiro atoms. The van der Waals surface area contributed by atoms with Crippen molar-refractivity contribution in [3.8, 4) is 5.75 Å². The average molecular weight is 359 g/mol. The van der Waals surface area contributed by atoms with Gasteiger partial charge in [-0.3, -0.25) is 9.59 Å². The van der Waals surface area contributed by atoms with Crippen LogP contribution < -0.4 is 15.4 Å². The lowest BCUT2D eigenvalue weighted by Crippen LogP contribution is -2.33. The molecule has 2 amide bonds. The Morgan fingerprint density at radius 3 is 2.76 bits per heavy atom. The molecule has 6 heteroatoms. The summed E-state index contributed by atoms with van der Waals surface area (Å²) in [5.41, 5.74) is 1.73. The van der Waals surface area contributed by atoms with E-state index in [-0.39, 0.29) is 24.8 Å². The summed E-state index contributed by atoms with van der Waals surface area (Å²) in [6.45, 7) is 0.698. The number of nitrogens with one attached hydrogen (secondary N) is 2. The first kappa shape index (κ1) is 17.3. The van der Waals surface area contributed by atoms with Crippen LogP contribution in [0.4, 0.5) is 5.69 Å². The number of hydrogen-bond donors (Lipinski definition) is 2. The second kappa shape index (κ2) is 8.03. The lowest BCUT2D eigenvalue weighted by Gasteiger charge is -2.12. The quantitative estimate of drug-likeness (QED) is 0.863. The normalized spacial score (nSPS) is 16.2. The molecule has 1 aliphatic heterocycles. The summed E-state index contributed by atoms with van der Waals surface area (Å²) < 4.78 is 5.64. The number of carbonyl (C=O) groups excluding carboxylic acids is 2. The summed E-state index contributed by atoms with van der Waals surface area (Å²) in [7, 11) is 0. The van der Waals surface area contributed by atoms with Crippen LogP contribution in [0.5, 0.6) is 5.75 Å². The van der Waals surface area contributed by atoms with Crippen molar-refractivity contribution in [2.24, 2.45) is 5.92 Å². The van der Waals surface area contributed by atoms with Crippen molar-refractivity contribution in [3.63, 3.8) is 0 Å². The van der Waals surface area contributed by atoms with Crippen molar-refractivity contribution in [2.45, 2.75) is 12.8 Å². The monoisotopic (exact) mass is 358 g/mol. The van der Waals surface area contributed by atoms with Crippen molar-refractivity contribution in [1.82, 2.24) is 5.32 Å². The minimum Gasteiger partial charge on any atom is -0.491 e. The van der Waals surface area contributed by atoms with E-state index in [4.69, 9.17) is 16.3 Å². The summed E-state index contributed by atoms with van der Waals surface area (Å²) in [5, 5.41) is 6.34. The minimum atomic E-state index is -0.511. The molecule has 1 atom stereocenters. The minimum absolute atomic E-state index is 0.0977. The van der Waals surface area contributed by atoms with E-state index < -0.39 is 5.92 Å². The smallest absolute Gasteiger partial charge is 0.231 e. The van der Waals surface area contributed by atoms with Gasteiger partial charge < -0.3 is 15.4 Å². The van der Waals surface area contributed by atoms with E-state index in [0.29, 0.717) is 29.4 Å². The molecule has 0 aliphatic carbocycles. The Labute approximate surface area is 151 Å². The molecule has 0 fully saturated rings. The summed E-state index contributed by atoms with van der Waals surface area (Å²) >= 11 is 5.85. The molecule has 0 unspecified atom stereocenters. The number of hydrogen-bond acceptors (Lipinski definition) is 3. The molecule has 0 saturated carbocycles. The van der Waals surface area contributed by atoms with Crippen LogP contribution in [-0.2, 0) is 16.0 Å². The van der Waals surface area contributed by atoms with E-state index in [0.717, 1.165) is 5.56 Å². The summed E-state index contributed by atoms with van der Waals surface area (Å²) in [6.07, 6.45) is 0.808. The predicted octanol–water partition coefficient (Wildman–Crippen LogP) is 3.04. The Morgan fingerprint density at radius 2 is 1.96 bits per heavy atom. The zero-order valence-corrected chi connectivity index (χ0v) is 14.4. The fourth-order valence-corrected chi connectivity index (χ4v) is 2.77. The van der Waals surface area contributed by atoms with Gasteiger partial charge in [0.15, 0.2) is 0 Å². The van der Waals surface area contributed by atoms with Crippen molar-refractivity contribution in [1.29, 1.82) is 0 Å². The molecule has 2 aromatic carbocycles. The average Bonchev–Trinajstić information content (AvgIpc) is 2.76. The molecule has 1 aliphatic rings. The highest BCUT2D eigenvalue weighted by molar-refractivity contribution is 6.30. The van der Waals surface area contributed by atoms with E-state index in [1.165, 1.54) is 0 Å². The van der Waals surface area contributed by atoms with Gasteiger partial charge in [-0.15, -0.1) is 0 Å². The summed E-state index contributed by atoms with van der Waals surface area (Å²) in [6, 6.07) is 14.7. The van der Waals surface area contributed by atoms with E-state index in [9.17, 15) is 9.59 Å². The Bertz CT molecular complexity index is 762. The highest BCUT2D eigenvalue weighted by Crippen LogP contribution is 2.28. The number of rotatable bonds is 5. The first-order valence-electron chi connectivity index (χ1n) is 8.15. The zero-order valence-electron chi connectivity index (χ0n) is 13.6. The largest absolute Gasteiger partial charge is 0.491 e. The van der Waals surface area contributed by atoms with E-state index in [1.807, 2.05) is 36.4 Å². The maximum atomic E-state index is 12.3. The number of ether oxygens (including phenoxy) is 1. The second-order valence-corrected chi connectivity index (χ2v) is 6.36. The van der Waals surface area contributed by atoms with Gasteiger partial charge >= 0.3 is 0 Å². The number of benzene rings is 2. The van der Waals surface area contributed by atoms with Gasteiger partial charge in [0.25, 0.3) is 0 Å². The summed E-state index contributed by atoms with van der Waals surface area (Å²) in [5.74, 6) is -0.245. The maximum Gasteiger partial charge on any atom is 0.231 e. The Balaban J connectivity index is 1.48. The van der Waals surface area contributed by atoms with Crippen LogP contribution in [0.2, 0.25) is 5.02 Å². The van der Waals surface area contributed by atoms with Crippen LogP contribution in [0, 0.1) is 5.92 Å². The maximum absolute atomic E-state index is 12.3. The van der Waals surface area contributed by atoms with Crippen molar-refractivity contribution in [2.75, 3.05) is 18.5 Å². The molecular weight excluding hydrogens is 340 g/mol. The molecular formula is C19H19ClN2O3. The first-order valence-corrected chi connectivity index (χ1v) is 8.53. The number of carbonyl (C=O) groups is 2. The van der Waals surface area contributed by atoms with E-state index in [2.05, 4.69) is 10.6 Å². The van der Waals surface area contributed by atoms with Crippen LogP contribution in [0.1, 0.15) is 12.0 Å². The fraction of sp³-hybridized carbons (Fsp3) is 0.263. The van der Waals surface area contributed by atoms with Gasteiger partial charge in [-0.2, -0.15) is 0 Å². The third-order valence-corrected chi connectivity index (χ3v) is 4.29. The second-order valence-electron chi connectivity index (χ2n) is 5.92. The SMILES string of the molecule is O=C(C[C@H]1COc2ccccc2NC1=O)NCCc1ccc(Cl)cc1. The van der Waals surface area contributed by atoms with Crippen LogP contribution in [0.3, 0.4) is 0 Å². The number of amides is 2. The Hall–Kier alpha value is -2.53. The molecule has 2 N–H and O–H groups in total. The van der Waals surface area contributed by atoms with Crippen molar-refractivity contribution in [3.05, 3.63) is 59.1 Å². The number of halogens is 1. The predicted molar refractivity (Wildman–Crippen MR) is 96.8 cm³/mol. The standard InChI is InChI=1S/C19H19ClN2O3/c20-15-7-5-13(6-8-15)9-10-21-18(23)11-14-12-25-17-4-2-1-3-16(17)22-19(14)24/h1-8,14H,9-12H2,(H,21,23)(H,22,24)/t14-/m0/s1. The molecule has 2 aromatic rings. The number of anilines is 1. The third-order valence-electron chi connectivity index (χ3n) is 4.04. The number of fused-ring (bicyclic) bond motifs is 1. The molecule has 0 aromatic heterocycles. The molecule has 0 saturated heterocycles. The summed E-state index contributed by atoms with van der Waals surface area (Å²) in [4.78, 5) is 24.4. The molecule has 130 valence electrons. The van der Waals surface area contributed by atoms with Gasteiger partial charge in [-0.1, -0.05) is 35.9 Å². The first-order chi connectivity index (χ1) is 12.1. The lowest BCUT2D eigenvalue weighted by molar-refractivity contribution is -0.128. The topological polar surface area (TPSA) is 67.4 Å². The van der Waals surface area contributed by atoms with Gasteiger partial charge in [0, 0.05) is 18.0 Å². The highest BCUT2D eigenvalue weighted by Gasteiger charge is 2.26. The number of para-hydroxylation sites is 2. The van der Waals surface area contributed by atoms with Crippen molar-refractivity contribution >= 4 is 29.1 Å². The zero-order chi connectivity index (χ0) is 17.6. The fourth-order valence-electron chi connectivity index (χ4n) is 2.64. The van der Waals surface area contributed by atoms with Crippen LogP contribution in [-0.4, -0.2) is 25.0 Å². The van der Waals surface area contributed by atoms with Gasteiger partial charge in [-0.05, 0) is 36.2 Å². The molecule has 5 nitrogen and oxygen atoms in total. The van der Waals surface area contributed by atoms with Gasteiger partial charge in [0.1, 0.15) is 12.4 Å². The van der Waals surface area contributed by atoms with Crippen molar-refractivity contribution < 1.29 is 14.3 Å². The molecule has 0 radical (unpaired) electrons. The Morgan fingerprint density at radius 1 is 1.20 bits per heavy atom. The molecule has 0 bridgehead atoms. The molecule has 25 heavy (non-hydrogen) atoms. The molecule has 1 heterocycles. The van der Waals surface area contributed by atoms with Gasteiger partial charge in [0.05, 0.1) is 11.6 Å². The Kier molecular flexibility index (Phi) is 5.56. The van der Waals surface area contributed by atoms with Gasteiger partial charge in [0.2, 0.25) is 11.8 Å². The third kappa shape index (κ3) is 4.73. The van der Waals surface area contributed by atoms with E-state index >= 15 is 0 Å². The van der Waals surface area contributed by atoms with Crippen LogP contribution in [0.15, 0.2) is 48.5 Å². The van der Waals surface area contributed by atoms with Crippen LogP contribution >= 0.6 is 11.6 Å². The lowest BCUT2D eigenvalue weighted by atomic mass is 10.1. The van der Waals surface area contributed by atoms with Crippen LogP contribution in [0.25, 0.3) is 0 Å².